The van der Waals surface area contributed by atoms with E-state index in [1.807, 2.05) is 19.1 Å². The minimum atomic E-state index is -0.597. The molecule has 1 N–H and O–H groups in total. The highest BCUT2D eigenvalue weighted by Gasteiger charge is 2.34. The molecule has 190 valence electrons. The lowest BCUT2D eigenvalue weighted by Gasteiger charge is -2.29. The number of carbonyl (C=O) groups is 2. The molecule has 37 heavy (non-hydrogen) atoms. The lowest BCUT2D eigenvalue weighted by molar-refractivity contribution is -0.122. The van der Waals surface area contributed by atoms with Crippen molar-refractivity contribution in [3.8, 4) is 11.5 Å². The van der Waals surface area contributed by atoms with E-state index in [4.69, 9.17) is 44.9 Å². The van der Waals surface area contributed by atoms with Gasteiger partial charge in [0.05, 0.1) is 27.3 Å². The molecule has 4 rings (SSSR count). The average Bonchev–Trinajstić information content (AvgIpc) is 2.86. The van der Waals surface area contributed by atoms with Crippen molar-refractivity contribution in [2.45, 2.75) is 13.5 Å². The Balaban J connectivity index is 1.68. The van der Waals surface area contributed by atoms with Crippen LogP contribution in [0.4, 0.5) is 5.69 Å². The minimum Gasteiger partial charge on any atom is -0.493 e. The van der Waals surface area contributed by atoms with Crippen LogP contribution in [-0.4, -0.2) is 24.0 Å². The number of hydrogen-bond acceptors (Lipinski definition) is 5. The summed E-state index contributed by atoms with van der Waals surface area (Å²) < 4.78 is 12.6. The molecular weight excluding hydrogens is 667 g/mol. The standard InChI is InChI=1S/C26H18Br2Cl2N2O4S/c1-13-3-6-16(7-4-13)32-25(34)17(24(33)31-26(32)37)10-15-11-20(35-2)23(22(28)21(15)27)36-12-14-5-8-18(29)19(30)9-14/h3-11H,12H2,1-2H3,(H,31,33,37)/b17-10+. The van der Waals surface area contributed by atoms with E-state index in [-0.39, 0.29) is 17.3 Å². The van der Waals surface area contributed by atoms with Gasteiger partial charge in [-0.2, -0.15) is 0 Å². The number of thiocarbonyl (C=S) groups is 1. The number of halogens is 4. The van der Waals surface area contributed by atoms with Crippen LogP contribution in [-0.2, 0) is 16.2 Å². The first-order chi connectivity index (χ1) is 17.6. The highest BCUT2D eigenvalue weighted by Crippen LogP contribution is 2.44. The Kier molecular flexibility index (Phi) is 8.60. The number of methoxy groups -OCH3 is 1. The summed E-state index contributed by atoms with van der Waals surface area (Å²) in [5, 5.41) is 3.48. The van der Waals surface area contributed by atoms with E-state index in [0.29, 0.717) is 41.7 Å². The topological polar surface area (TPSA) is 67.9 Å². The van der Waals surface area contributed by atoms with Gasteiger partial charge in [0.15, 0.2) is 16.6 Å². The minimum absolute atomic E-state index is 0.0138. The number of anilines is 1. The number of aryl methyl sites for hydroxylation is 1. The predicted octanol–water partition coefficient (Wildman–Crippen LogP) is 7.25. The van der Waals surface area contributed by atoms with Gasteiger partial charge in [0.2, 0.25) is 0 Å². The van der Waals surface area contributed by atoms with Crippen LogP contribution in [0, 0.1) is 6.92 Å². The second-order valence-corrected chi connectivity index (χ2v) is 10.7. The molecule has 6 nitrogen and oxygen atoms in total. The number of carbonyl (C=O) groups excluding carboxylic acids is 2. The van der Waals surface area contributed by atoms with E-state index in [9.17, 15) is 9.59 Å². The van der Waals surface area contributed by atoms with E-state index in [1.165, 1.54) is 18.1 Å². The van der Waals surface area contributed by atoms with Crippen LogP contribution in [0.2, 0.25) is 10.0 Å². The third-order valence-electron chi connectivity index (χ3n) is 5.44. The molecule has 0 aliphatic carbocycles. The third-order valence-corrected chi connectivity index (χ3v) is 8.60. The first-order valence-electron chi connectivity index (χ1n) is 10.7. The zero-order valence-electron chi connectivity index (χ0n) is 19.4. The Bertz CT molecular complexity index is 1460. The predicted molar refractivity (Wildman–Crippen MR) is 157 cm³/mol. The van der Waals surface area contributed by atoms with Gasteiger partial charge in [-0.3, -0.25) is 19.8 Å². The number of nitrogens with one attached hydrogen (secondary N) is 1. The van der Waals surface area contributed by atoms with Crippen molar-refractivity contribution in [2.24, 2.45) is 0 Å². The molecule has 1 saturated heterocycles. The summed E-state index contributed by atoms with van der Waals surface area (Å²) in [4.78, 5) is 27.4. The quantitative estimate of drug-likeness (QED) is 0.168. The maximum Gasteiger partial charge on any atom is 0.270 e. The summed E-state index contributed by atoms with van der Waals surface area (Å²) in [7, 11) is 1.49. The van der Waals surface area contributed by atoms with Crippen molar-refractivity contribution in [3.63, 3.8) is 0 Å². The first-order valence-corrected chi connectivity index (χ1v) is 13.5. The van der Waals surface area contributed by atoms with E-state index < -0.39 is 11.8 Å². The van der Waals surface area contributed by atoms with Gasteiger partial charge in [-0.15, -0.1) is 0 Å². The fourth-order valence-corrected chi connectivity index (χ4v) is 5.07. The maximum absolute atomic E-state index is 13.4. The molecule has 0 unspecified atom stereocenters. The first kappa shape index (κ1) is 27.6. The summed E-state index contributed by atoms with van der Waals surface area (Å²) in [6.07, 6.45) is 1.47. The second kappa shape index (κ2) is 11.5. The number of benzene rings is 3. The van der Waals surface area contributed by atoms with Gasteiger partial charge in [0.25, 0.3) is 11.8 Å². The molecule has 3 aromatic carbocycles. The Labute approximate surface area is 245 Å². The number of ether oxygens (including phenoxy) is 2. The summed E-state index contributed by atoms with van der Waals surface area (Å²) in [6.45, 7) is 2.14. The van der Waals surface area contributed by atoms with Crippen LogP contribution in [0.5, 0.6) is 11.5 Å². The van der Waals surface area contributed by atoms with Crippen LogP contribution >= 0.6 is 67.3 Å². The van der Waals surface area contributed by atoms with Crippen molar-refractivity contribution < 1.29 is 19.1 Å². The van der Waals surface area contributed by atoms with Gasteiger partial charge >= 0.3 is 0 Å². The smallest absolute Gasteiger partial charge is 0.270 e. The highest BCUT2D eigenvalue weighted by atomic mass is 79.9. The molecule has 11 heteroatoms. The van der Waals surface area contributed by atoms with Crippen LogP contribution in [0.3, 0.4) is 0 Å². The van der Waals surface area contributed by atoms with E-state index >= 15 is 0 Å². The van der Waals surface area contributed by atoms with Gasteiger partial charge < -0.3 is 9.47 Å². The number of rotatable bonds is 6. The summed E-state index contributed by atoms with van der Waals surface area (Å²) in [5.74, 6) is -0.333. The third kappa shape index (κ3) is 5.86. The molecule has 0 bridgehead atoms. The van der Waals surface area contributed by atoms with Gasteiger partial charge in [-0.25, -0.2) is 0 Å². The molecule has 0 aromatic heterocycles. The molecular formula is C26H18Br2Cl2N2O4S. The number of hydrogen-bond donors (Lipinski definition) is 1. The Morgan fingerprint density at radius 1 is 1.03 bits per heavy atom. The molecule has 3 aromatic rings. The zero-order chi connectivity index (χ0) is 26.9. The number of amides is 2. The van der Waals surface area contributed by atoms with Gasteiger partial charge in [0.1, 0.15) is 12.2 Å². The van der Waals surface area contributed by atoms with Crippen molar-refractivity contribution in [1.29, 1.82) is 0 Å². The Hall–Kier alpha value is -2.43. The Morgan fingerprint density at radius 3 is 2.38 bits per heavy atom. The van der Waals surface area contributed by atoms with Gasteiger partial charge in [-0.1, -0.05) is 47.0 Å². The van der Waals surface area contributed by atoms with Crippen molar-refractivity contribution in [1.82, 2.24) is 5.32 Å². The van der Waals surface area contributed by atoms with E-state index in [2.05, 4.69) is 37.2 Å². The molecule has 1 heterocycles. The maximum atomic E-state index is 13.4. The lowest BCUT2D eigenvalue weighted by atomic mass is 10.1. The monoisotopic (exact) mass is 682 g/mol. The summed E-state index contributed by atoms with van der Waals surface area (Å²) in [6, 6.07) is 14.1. The number of nitrogens with zero attached hydrogens (tertiary/aromatic N) is 1. The summed E-state index contributed by atoms with van der Waals surface area (Å²) >= 11 is 24.5. The van der Waals surface area contributed by atoms with E-state index in [1.54, 1.807) is 36.4 Å². The Morgan fingerprint density at radius 2 is 1.73 bits per heavy atom. The largest absolute Gasteiger partial charge is 0.493 e. The normalized spacial score (nSPS) is 14.7. The van der Waals surface area contributed by atoms with Crippen molar-refractivity contribution in [2.75, 3.05) is 12.0 Å². The molecule has 0 atom stereocenters. The molecule has 1 aliphatic heterocycles. The van der Waals surface area contributed by atoms with Crippen LogP contribution in [0.15, 0.2) is 63.0 Å². The average molecular weight is 685 g/mol. The lowest BCUT2D eigenvalue weighted by Crippen LogP contribution is -2.54. The van der Waals surface area contributed by atoms with Gasteiger partial charge in [0, 0.05) is 4.47 Å². The second-order valence-electron chi connectivity index (χ2n) is 7.96. The van der Waals surface area contributed by atoms with Crippen LogP contribution in [0.1, 0.15) is 16.7 Å². The fraction of sp³-hybridized carbons (Fsp3) is 0.115. The van der Waals surface area contributed by atoms with E-state index in [0.717, 1.165) is 11.1 Å². The fourth-order valence-electron chi connectivity index (χ4n) is 3.52. The van der Waals surface area contributed by atoms with Gasteiger partial charge in [-0.05, 0) is 98.5 Å². The zero-order valence-corrected chi connectivity index (χ0v) is 24.9. The van der Waals surface area contributed by atoms with Crippen LogP contribution < -0.4 is 19.7 Å². The molecule has 2 amide bonds. The van der Waals surface area contributed by atoms with Crippen molar-refractivity contribution in [3.05, 3.63) is 89.8 Å². The molecule has 1 fully saturated rings. The summed E-state index contributed by atoms with van der Waals surface area (Å²) in [5.41, 5.74) is 2.81. The van der Waals surface area contributed by atoms with Crippen molar-refractivity contribution >= 4 is 96.0 Å². The SMILES string of the molecule is COc1cc(/C=C2\C(=O)NC(=S)N(c3ccc(C)cc3)C2=O)c(Br)c(Br)c1OCc1ccc(Cl)c(Cl)c1. The van der Waals surface area contributed by atoms with Crippen LogP contribution in [0.25, 0.3) is 6.08 Å². The highest BCUT2D eigenvalue weighted by molar-refractivity contribution is 9.13. The molecule has 1 aliphatic rings. The molecule has 0 spiro atoms. The molecule has 0 radical (unpaired) electrons. The molecule has 0 saturated carbocycles.